The van der Waals surface area contributed by atoms with Crippen LogP contribution in [0.2, 0.25) is 0 Å². The number of nitrogens with one attached hydrogen (secondary N) is 2. The van der Waals surface area contributed by atoms with Gasteiger partial charge in [-0.15, -0.1) is 0 Å². The number of rotatable bonds is 5. The third-order valence-corrected chi connectivity index (χ3v) is 2.80. The molecule has 2 N–H and O–H groups in total. The molecule has 0 radical (unpaired) electrons. The summed E-state index contributed by atoms with van der Waals surface area (Å²) in [6.45, 7) is 6.91. The molecule has 0 aliphatic rings. The molecule has 0 aromatic heterocycles. The molecule has 0 aromatic rings. The largest absolute Gasteiger partial charge is 0.320 e. The van der Waals surface area contributed by atoms with E-state index in [9.17, 15) is 8.42 Å². The van der Waals surface area contributed by atoms with Crippen LogP contribution < -0.4 is 10.0 Å². The number of hydrogen-bond acceptors (Lipinski definition) is 3. The van der Waals surface area contributed by atoms with Crippen molar-refractivity contribution < 1.29 is 8.42 Å². The SMILES string of the molecule is CNCCC(NS(C)(=O)=O)C(C)(C)C. The molecule has 1 atom stereocenters. The second kappa shape index (κ2) is 5.09. The number of sulfonamides is 1. The van der Waals surface area contributed by atoms with Gasteiger partial charge >= 0.3 is 0 Å². The van der Waals surface area contributed by atoms with E-state index in [1.165, 1.54) is 6.26 Å². The van der Waals surface area contributed by atoms with Gasteiger partial charge in [-0.2, -0.15) is 0 Å². The predicted molar refractivity (Wildman–Crippen MR) is 59.8 cm³/mol. The predicted octanol–water partition coefficient (Wildman–Crippen LogP) is 0.560. The van der Waals surface area contributed by atoms with Crippen molar-refractivity contribution in [2.24, 2.45) is 5.41 Å². The third kappa shape index (κ3) is 6.34. The Hall–Kier alpha value is -0.130. The molecule has 0 aliphatic heterocycles. The molecule has 0 heterocycles. The van der Waals surface area contributed by atoms with Crippen LogP contribution >= 0.6 is 0 Å². The lowest BCUT2D eigenvalue weighted by atomic mass is 9.85. The van der Waals surface area contributed by atoms with Gasteiger partial charge in [-0.1, -0.05) is 20.8 Å². The lowest BCUT2D eigenvalue weighted by Crippen LogP contribution is -2.44. The fourth-order valence-corrected chi connectivity index (χ4v) is 2.20. The van der Waals surface area contributed by atoms with Gasteiger partial charge in [0.15, 0.2) is 0 Å². The fraction of sp³-hybridized carbons (Fsp3) is 1.00. The highest BCUT2D eigenvalue weighted by molar-refractivity contribution is 7.88. The van der Waals surface area contributed by atoms with Gasteiger partial charge in [0.1, 0.15) is 0 Å². The summed E-state index contributed by atoms with van der Waals surface area (Å²) in [6.07, 6.45) is 2.00. The minimum absolute atomic E-state index is 0.0232. The molecule has 4 nitrogen and oxygen atoms in total. The van der Waals surface area contributed by atoms with Crippen LogP contribution in [-0.2, 0) is 10.0 Å². The summed E-state index contributed by atoms with van der Waals surface area (Å²) in [7, 11) is -1.25. The topological polar surface area (TPSA) is 58.2 Å². The highest BCUT2D eigenvalue weighted by atomic mass is 32.2. The maximum Gasteiger partial charge on any atom is 0.208 e. The van der Waals surface area contributed by atoms with E-state index in [1.54, 1.807) is 0 Å². The maximum absolute atomic E-state index is 11.1. The summed E-state index contributed by atoms with van der Waals surface area (Å²) in [6, 6.07) is -0.0232. The van der Waals surface area contributed by atoms with Gasteiger partial charge in [-0.3, -0.25) is 0 Å². The van der Waals surface area contributed by atoms with Crippen LogP contribution in [-0.4, -0.2) is 34.3 Å². The van der Waals surface area contributed by atoms with Gasteiger partial charge in [0, 0.05) is 6.04 Å². The van der Waals surface area contributed by atoms with E-state index in [4.69, 9.17) is 0 Å². The average Bonchev–Trinajstić information content (AvgIpc) is 1.93. The zero-order chi connectivity index (χ0) is 11.4. The molecule has 1 unspecified atom stereocenters. The van der Waals surface area contributed by atoms with Gasteiger partial charge in [0.2, 0.25) is 10.0 Å². The fourth-order valence-electron chi connectivity index (χ4n) is 1.22. The van der Waals surface area contributed by atoms with Crippen molar-refractivity contribution in [3.63, 3.8) is 0 Å². The summed E-state index contributed by atoms with van der Waals surface area (Å²) in [5, 5.41) is 3.02. The number of hydrogen-bond donors (Lipinski definition) is 2. The van der Waals surface area contributed by atoms with E-state index in [0.717, 1.165) is 13.0 Å². The second-order valence-electron chi connectivity index (χ2n) is 4.70. The Morgan fingerprint density at radius 1 is 1.29 bits per heavy atom. The highest BCUT2D eigenvalue weighted by Crippen LogP contribution is 2.21. The Morgan fingerprint density at radius 3 is 2.07 bits per heavy atom. The monoisotopic (exact) mass is 222 g/mol. The molecule has 0 aromatic carbocycles. The molecule has 0 aliphatic carbocycles. The van der Waals surface area contributed by atoms with E-state index < -0.39 is 10.0 Å². The Morgan fingerprint density at radius 2 is 1.79 bits per heavy atom. The van der Waals surface area contributed by atoms with Crippen molar-refractivity contribution in [1.29, 1.82) is 0 Å². The minimum Gasteiger partial charge on any atom is -0.320 e. The van der Waals surface area contributed by atoms with Gasteiger partial charge in [0.25, 0.3) is 0 Å². The van der Waals surface area contributed by atoms with E-state index in [0.29, 0.717) is 0 Å². The van der Waals surface area contributed by atoms with Crippen molar-refractivity contribution in [1.82, 2.24) is 10.0 Å². The van der Waals surface area contributed by atoms with Crippen molar-refractivity contribution >= 4 is 10.0 Å². The van der Waals surface area contributed by atoms with Crippen molar-refractivity contribution in [3.05, 3.63) is 0 Å². The molecule has 0 spiro atoms. The molecule has 14 heavy (non-hydrogen) atoms. The van der Waals surface area contributed by atoms with Crippen LogP contribution in [0.4, 0.5) is 0 Å². The van der Waals surface area contributed by atoms with Crippen LogP contribution in [0.3, 0.4) is 0 Å². The summed E-state index contributed by atoms with van der Waals surface area (Å²) >= 11 is 0. The van der Waals surface area contributed by atoms with Crippen LogP contribution in [0, 0.1) is 5.41 Å². The first kappa shape index (κ1) is 13.9. The first-order valence-corrected chi connectivity index (χ1v) is 6.68. The quantitative estimate of drug-likeness (QED) is 0.714. The summed E-state index contributed by atoms with van der Waals surface area (Å²) in [5.41, 5.74) is -0.0556. The second-order valence-corrected chi connectivity index (χ2v) is 6.48. The molecule has 0 rings (SSSR count). The van der Waals surface area contributed by atoms with Crippen LogP contribution in [0.5, 0.6) is 0 Å². The smallest absolute Gasteiger partial charge is 0.208 e. The van der Waals surface area contributed by atoms with Crippen LogP contribution in [0.1, 0.15) is 27.2 Å². The van der Waals surface area contributed by atoms with Gasteiger partial charge in [-0.05, 0) is 25.4 Å². The third-order valence-electron chi connectivity index (χ3n) is 2.08. The standard InChI is InChI=1S/C9H22N2O2S/c1-9(2,3)8(6-7-10-4)11-14(5,12)13/h8,10-11H,6-7H2,1-5H3. The minimum atomic E-state index is -3.11. The molecule has 0 saturated heterocycles. The first-order chi connectivity index (χ1) is 6.17. The molecule has 5 heteroatoms. The zero-order valence-electron chi connectivity index (χ0n) is 9.72. The summed E-state index contributed by atoms with van der Waals surface area (Å²) < 4.78 is 24.9. The van der Waals surface area contributed by atoms with Gasteiger partial charge in [-0.25, -0.2) is 13.1 Å². The molecule has 0 saturated carbocycles. The first-order valence-electron chi connectivity index (χ1n) is 4.78. The molecular formula is C9H22N2O2S. The normalized spacial score (nSPS) is 15.5. The van der Waals surface area contributed by atoms with Crippen LogP contribution in [0.25, 0.3) is 0 Å². The Bertz CT molecular complexity index is 254. The molecule has 0 fully saturated rings. The van der Waals surface area contributed by atoms with Gasteiger partial charge in [0.05, 0.1) is 6.26 Å². The zero-order valence-corrected chi connectivity index (χ0v) is 10.5. The summed E-state index contributed by atoms with van der Waals surface area (Å²) in [5.74, 6) is 0. The average molecular weight is 222 g/mol. The van der Waals surface area contributed by atoms with Crippen molar-refractivity contribution in [2.75, 3.05) is 19.8 Å². The summed E-state index contributed by atoms with van der Waals surface area (Å²) in [4.78, 5) is 0. The Balaban J connectivity index is 4.42. The van der Waals surface area contributed by atoms with Gasteiger partial charge < -0.3 is 5.32 Å². The van der Waals surface area contributed by atoms with E-state index in [1.807, 2.05) is 27.8 Å². The highest BCUT2D eigenvalue weighted by Gasteiger charge is 2.26. The van der Waals surface area contributed by atoms with E-state index in [2.05, 4.69) is 10.0 Å². The van der Waals surface area contributed by atoms with E-state index >= 15 is 0 Å². The lowest BCUT2D eigenvalue weighted by Gasteiger charge is -2.30. The van der Waals surface area contributed by atoms with E-state index in [-0.39, 0.29) is 11.5 Å². The molecular weight excluding hydrogens is 200 g/mol. The Labute approximate surface area is 87.5 Å². The molecule has 0 bridgehead atoms. The van der Waals surface area contributed by atoms with Crippen molar-refractivity contribution in [3.8, 4) is 0 Å². The Kier molecular flexibility index (Phi) is 5.05. The molecule has 86 valence electrons. The van der Waals surface area contributed by atoms with Crippen LogP contribution in [0.15, 0.2) is 0 Å². The maximum atomic E-state index is 11.1. The van der Waals surface area contributed by atoms with Crippen molar-refractivity contribution in [2.45, 2.75) is 33.2 Å². The molecule has 0 amide bonds. The lowest BCUT2D eigenvalue weighted by molar-refractivity contribution is 0.284.